The fourth-order valence-electron chi connectivity index (χ4n) is 3.81. The van der Waals surface area contributed by atoms with Crippen molar-refractivity contribution in [2.75, 3.05) is 44.7 Å². The standard InChI is InChI=1S/C22H31N3O5/c1-15-6-7-18(29-5)17(12-15)25-14-16(13-19(25)26)20(27)23-8-10-24(11-9-23)21(28)30-22(2,3)4/h6-7,12,16H,8-11,13-14H2,1-5H3/t16-/m1/s1. The molecule has 2 aliphatic rings. The van der Waals surface area contributed by atoms with Gasteiger partial charge >= 0.3 is 6.09 Å². The Morgan fingerprint density at radius 3 is 2.30 bits per heavy atom. The van der Waals surface area contributed by atoms with Crippen molar-refractivity contribution in [3.8, 4) is 5.75 Å². The first-order chi connectivity index (χ1) is 14.1. The van der Waals surface area contributed by atoms with E-state index in [1.165, 1.54) is 0 Å². The minimum absolute atomic E-state index is 0.0405. The van der Waals surface area contributed by atoms with E-state index in [-0.39, 0.29) is 24.3 Å². The zero-order valence-electron chi connectivity index (χ0n) is 18.4. The number of anilines is 1. The fourth-order valence-corrected chi connectivity index (χ4v) is 3.81. The molecule has 0 bridgehead atoms. The van der Waals surface area contributed by atoms with Gasteiger partial charge in [-0.2, -0.15) is 0 Å². The number of aryl methyl sites for hydroxylation is 1. The molecule has 1 aromatic rings. The summed E-state index contributed by atoms with van der Waals surface area (Å²) >= 11 is 0. The van der Waals surface area contributed by atoms with Gasteiger partial charge in [0.1, 0.15) is 11.4 Å². The number of ether oxygens (including phenoxy) is 2. The normalized spacial score (nSPS) is 19.8. The van der Waals surface area contributed by atoms with E-state index in [4.69, 9.17) is 9.47 Å². The van der Waals surface area contributed by atoms with Crippen molar-refractivity contribution in [2.45, 2.75) is 39.7 Å². The average molecular weight is 418 g/mol. The molecule has 0 aliphatic carbocycles. The number of hydrogen-bond acceptors (Lipinski definition) is 5. The third-order valence-electron chi connectivity index (χ3n) is 5.34. The molecule has 30 heavy (non-hydrogen) atoms. The Hall–Kier alpha value is -2.77. The maximum Gasteiger partial charge on any atom is 0.410 e. The number of carbonyl (C=O) groups is 3. The smallest absolute Gasteiger partial charge is 0.410 e. The molecule has 1 atom stereocenters. The quantitative estimate of drug-likeness (QED) is 0.755. The number of methoxy groups -OCH3 is 1. The molecule has 2 fully saturated rings. The number of nitrogens with zero attached hydrogens (tertiary/aromatic N) is 3. The Labute approximate surface area is 177 Å². The van der Waals surface area contributed by atoms with Crippen molar-refractivity contribution >= 4 is 23.6 Å². The van der Waals surface area contributed by atoms with Crippen LogP contribution in [0.25, 0.3) is 0 Å². The highest BCUT2D eigenvalue weighted by Crippen LogP contribution is 2.34. The Bertz CT molecular complexity index is 825. The molecule has 8 nitrogen and oxygen atoms in total. The molecule has 2 aliphatic heterocycles. The van der Waals surface area contributed by atoms with Crippen molar-refractivity contribution in [1.82, 2.24) is 9.80 Å². The minimum Gasteiger partial charge on any atom is -0.495 e. The summed E-state index contributed by atoms with van der Waals surface area (Å²) in [6, 6.07) is 5.67. The number of hydrogen-bond donors (Lipinski definition) is 0. The van der Waals surface area contributed by atoms with Gasteiger partial charge in [0.25, 0.3) is 0 Å². The molecule has 0 N–H and O–H groups in total. The molecule has 2 heterocycles. The maximum atomic E-state index is 13.0. The van der Waals surface area contributed by atoms with Crippen LogP contribution in [-0.2, 0) is 14.3 Å². The lowest BCUT2D eigenvalue weighted by atomic mass is 10.1. The van der Waals surface area contributed by atoms with E-state index in [2.05, 4.69) is 0 Å². The predicted octanol–water partition coefficient (Wildman–Crippen LogP) is 2.44. The average Bonchev–Trinajstić information content (AvgIpc) is 3.07. The molecular weight excluding hydrogens is 386 g/mol. The van der Waals surface area contributed by atoms with Crippen LogP contribution in [0.4, 0.5) is 10.5 Å². The van der Waals surface area contributed by atoms with Crippen molar-refractivity contribution in [3.05, 3.63) is 23.8 Å². The van der Waals surface area contributed by atoms with Gasteiger partial charge in [-0.1, -0.05) is 6.07 Å². The number of rotatable bonds is 3. The van der Waals surface area contributed by atoms with Crippen LogP contribution in [0.3, 0.4) is 0 Å². The predicted molar refractivity (Wildman–Crippen MR) is 113 cm³/mol. The van der Waals surface area contributed by atoms with Gasteiger partial charge in [0, 0.05) is 39.1 Å². The third-order valence-corrected chi connectivity index (χ3v) is 5.34. The van der Waals surface area contributed by atoms with Crippen LogP contribution in [0, 0.1) is 12.8 Å². The summed E-state index contributed by atoms with van der Waals surface area (Å²) in [5.74, 6) is 0.106. The van der Waals surface area contributed by atoms with Gasteiger partial charge in [0.15, 0.2) is 0 Å². The van der Waals surface area contributed by atoms with Crippen LogP contribution in [-0.4, -0.2) is 73.1 Å². The van der Waals surface area contributed by atoms with Gasteiger partial charge < -0.3 is 24.2 Å². The summed E-state index contributed by atoms with van der Waals surface area (Å²) in [4.78, 5) is 42.9. The van der Waals surface area contributed by atoms with Crippen LogP contribution in [0.2, 0.25) is 0 Å². The molecule has 0 aromatic heterocycles. The second-order valence-corrected chi connectivity index (χ2v) is 8.87. The summed E-state index contributed by atoms with van der Waals surface area (Å²) in [5, 5.41) is 0. The van der Waals surface area contributed by atoms with Gasteiger partial charge in [-0.15, -0.1) is 0 Å². The lowest BCUT2D eigenvalue weighted by Crippen LogP contribution is -2.53. The summed E-state index contributed by atoms with van der Waals surface area (Å²) in [7, 11) is 1.57. The molecule has 3 rings (SSSR count). The second-order valence-electron chi connectivity index (χ2n) is 8.87. The Balaban J connectivity index is 1.61. The van der Waals surface area contributed by atoms with Gasteiger partial charge in [0.05, 0.1) is 18.7 Å². The topological polar surface area (TPSA) is 79.4 Å². The highest BCUT2D eigenvalue weighted by molar-refractivity contribution is 6.01. The van der Waals surface area contributed by atoms with Crippen molar-refractivity contribution in [3.63, 3.8) is 0 Å². The largest absolute Gasteiger partial charge is 0.495 e. The highest BCUT2D eigenvalue weighted by Gasteiger charge is 2.39. The maximum absolute atomic E-state index is 13.0. The lowest BCUT2D eigenvalue weighted by molar-refractivity contribution is -0.137. The van der Waals surface area contributed by atoms with E-state index in [1.54, 1.807) is 21.8 Å². The van der Waals surface area contributed by atoms with E-state index in [0.717, 1.165) is 5.56 Å². The highest BCUT2D eigenvalue weighted by atomic mass is 16.6. The first kappa shape index (κ1) is 21.9. The van der Waals surface area contributed by atoms with Crippen molar-refractivity contribution in [2.24, 2.45) is 5.92 Å². The number of carbonyl (C=O) groups excluding carboxylic acids is 3. The van der Waals surface area contributed by atoms with Crippen molar-refractivity contribution < 1.29 is 23.9 Å². The molecule has 0 unspecified atom stereocenters. The zero-order chi connectivity index (χ0) is 22.1. The molecule has 3 amide bonds. The molecule has 0 spiro atoms. The molecular formula is C22H31N3O5. The molecule has 8 heteroatoms. The summed E-state index contributed by atoms with van der Waals surface area (Å²) in [6.45, 7) is 9.52. The van der Waals surface area contributed by atoms with Crippen LogP contribution >= 0.6 is 0 Å². The lowest BCUT2D eigenvalue weighted by Gasteiger charge is -2.36. The first-order valence-corrected chi connectivity index (χ1v) is 10.3. The molecule has 1 aromatic carbocycles. The SMILES string of the molecule is COc1ccc(C)cc1N1C[C@H](C(=O)N2CCN(C(=O)OC(C)(C)C)CC2)CC1=O. The van der Waals surface area contributed by atoms with Crippen LogP contribution in [0.15, 0.2) is 18.2 Å². The number of amides is 3. The van der Waals surface area contributed by atoms with Gasteiger partial charge in [-0.05, 0) is 45.4 Å². The van der Waals surface area contributed by atoms with E-state index < -0.39 is 11.5 Å². The minimum atomic E-state index is -0.547. The van der Waals surface area contributed by atoms with E-state index in [9.17, 15) is 14.4 Å². The Morgan fingerprint density at radius 2 is 1.70 bits per heavy atom. The third kappa shape index (κ3) is 4.86. The summed E-state index contributed by atoms with van der Waals surface area (Å²) < 4.78 is 10.8. The zero-order valence-corrected chi connectivity index (χ0v) is 18.4. The Morgan fingerprint density at radius 1 is 1.07 bits per heavy atom. The van der Waals surface area contributed by atoms with Crippen molar-refractivity contribution in [1.29, 1.82) is 0 Å². The van der Waals surface area contributed by atoms with Crippen LogP contribution in [0.1, 0.15) is 32.8 Å². The van der Waals surface area contributed by atoms with Crippen LogP contribution < -0.4 is 9.64 Å². The van der Waals surface area contributed by atoms with Gasteiger partial charge in [-0.3, -0.25) is 9.59 Å². The molecule has 0 saturated carbocycles. The summed E-state index contributed by atoms with van der Waals surface area (Å²) in [5.41, 5.74) is 1.17. The summed E-state index contributed by atoms with van der Waals surface area (Å²) in [6.07, 6.45) is -0.175. The monoisotopic (exact) mass is 417 g/mol. The van der Waals surface area contributed by atoms with E-state index >= 15 is 0 Å². The molecule has 164 valence electrons. The Kier molecular flexibility index (Phi) is 6.24. The van der Waals surface area contributed by atoms with Crippen LogP contribution in [0.5, 0.6) is 5.75 Å². The van der Waals surface area contributed by atoms with E-state index in [1.807, 2.05) is 45.9 Å². The molecule has 0 radical (unpaired) electrons. The number of piperazine rings is 1. The van der Waals surface area contributed by atoms with Gasteiger partial charge in [-0.25, -0.2) is 4.79 Å². The number of benzene rings is 1. The fraction of sp³-hybridized carbons (Fsp3) is 0.591. The first-order valence-electron chi connectivity index (χ1n) is 10.3. The van der Waals surface area contributed by atoms with E-state index in [0.29, 0.717) is 44.2 Å². The van der Waals surface area contributed by atoms with Gasteiger partial charge in [0.2, 0.25) is 11.8 Å². The molecule has 2 saturated heterocycles. The second kappa shape index (κ2) is 8.53.